The Balaban J connectivity index is -0.000000452. The van der Waals surface area contributed by atoms with Crippen LogP contribution in [0.4, 0.5) is 4.79 Å². The Kier molecular flexibility index (Phi) is 16.1. The molecule has 2 saturated heterocycles. The predicted octanol–water partition coefficient (Wildman–Crippen LogP) is 3.16. The highest BCUT2D eigenvalue weighted by Crippen LogP contribution is 2.21. The Labute approximate surface area is 176 Å². The smallest absolute Gasteiger partial charge is 0.411 e. The molecule has 0 spiro atoms. The number of nitrogens with one attached hydrogen (secondary N) is 1. The number of carbonyl (C=O) groups is 3. The highest BCUT2D eigenvalue weighted by molar-refractivity contribution is 5.85. The molecule has 2 fully saturated rings. The largest absolute Gasteiger partial charge is 0.468 e. The van der Waals surface area contributed by atoms with E-state index in [1.165, 1.54) is 19.1 Å². The van der Waals surface area contributed by atoms with Gasteiger partial charge in [0.2, 0.25) is 0 Å². The third kappa shape index (κ3) is 10.1. The fraction of sp³-hybridized carbons (Fsp3) is 0.842. The zero-order valence-corrected chi connectivity index (χ0v) is 17.0. The van der Waals surface area contributed by atoms with E-state index in [0.717, 1.165) is 25.8 Å². The first-order chi connectivity index (χ1) is 11.7. The zero-order valence-electron chi connectivity index (χ0n) is 16.2. The minimum absolute atomic E-state index is 0. The Morgan fingerprint density at radius 3 is 1.96 bits per heavy atom. The molecular weight excluding hydrogens is 388 g/mol. The zero-order chi connectivity index (χ0) is 19.0. The summed E-state index contributed by atoms with van der Waals surface area (Å²) in [5, 5.41) is 3.03. The van der Waals surface area contributed by atoms with Gasteiger partial charge in [-0.15, -0.1) is 12.4 Å². The van der Waals surface area contributed by atoms with Crippen molar-refractivity contribution in [2.24, 2.45) is 0 Å². The van der Waals surface area contributed by atoms with Crippen LogP contribution in [0.2, 0.25) is 0 Å². The van der Waals surface area contributed by atoms with Crippen molar-refractivity contribution in [2.45, 2.75) is 79.0 Å². The number of esters is 2. The van der Waals surface area contributed by atoms with Crippen molar-refractivity contribution >= 4 is 30.4 Å². The molecule has 0 bridgehead atoms. The average molecular weight is 427 g/mol. The molecule has 1 amide bonds. The fourth-order valence-electron chi connectivity index (χ4n) is 2.71. The molecule has 2 aliphatic heterocycles. The first-order valence-electron chi connectivity index (χ1n) is 8.58. The van der Waals surface area contributed by atoms with E-state index in [1.54, 1.807) is 20.8 Å². The molecule has 0 aliphatic carbocycles. The maximum atomic E-state index is 11.8. The van der Waals surface area contributed by atoms with Crippen LogP contribution < -0.4 is 5.32 Å². The summed E-state index contributed by atoms with van der Waals surface area (Å²) in [6, 6.07) is -0.519. The van der Waals surface area contributed by atoms with Gasteiger partial charge in [-0.3, -0.25) is 9.69 Å². The molecule has 0 radical (unpaired) electrons. The van der Waals surface area contributed by atoms with Crippen LogP contribution >= 0.6 is 12.4 Å². The minimum atomic E-state index is -0.541. The highest BCUT2D eigenvalue weighted by atomic mass is 35.5. The first kappa shape index (κ1) is 31.2. The van der Waals surface area contributed by atoms with Gasteiger partial charge in [-0.05, 0) is 53.0 Å². The fourth-order valence-corrected chi connectivity index (χ4v) is 2.71. The highest BCUT2D eigenvalue weighted by Gasteiger charge is 2.37. The molecule has 0 aromatic heterocycles. The number of amides is 1. The van der Waals surface area contributed by atoms with Gasteiger partial charge in [0, 0.05) is 6.54 Å². The van der Waals surface area contributed by atoms with Crippen LogP contribution in [0.5, 0.6) is 0 Å². The second-order valence-electron chi connectivity index (χ2n) is 7.03. The maximum Gasteiger partial charge on any atom is 0.411 e. The number of hydrogen-bond acceptors (Lipinski definition) is 7. The van der Waals surface area contributed by atoms with E-state index < -0.39 is 17.7 Å². The monoisotopic (exact) mass is 426 g/mol. The lowest BCUT2D eigenvalue weighted by atomic mass is 10.2. The summed E-state index contributed by atoms with van der Waals surface area (Å²) in [4.78, 5) is 35.4. The molecule has 9 heteroatoms. The van der Waals surface area contributed by atoms with E-state index in [2.05, 4.69) is 14.8 Å². The molecule has 2 rings (SSSR count). The van der Waals surface area contributed by atoms with Crippen molar-refractivity contribution < 1.29 is 28.6 Å². The van der Waals surface area contributed by atoms with Gasteiger partial charge in [0.25, 0.3) is 0 Å². The number of likely N-dealkylation sites (tertiary alicyclic amines) is 1. The standard InChI is InChI=1S/C11H19NO4.C6H11NO2.2CH4.ClH/c1-11(2,3)16-10(14)12-7-5-6-8(12)9(13)15-4;1-9-6(8)5-3-2-4-7-5;;;/h8H,5-7H2,1-4H3;5,7H,2-4H2,1H3;2*1H4;1H. The van der Waals surface area contributed by atoms with Crippen LogP contribution in [-0.2, 0) is 23.8 Å². The number of rotatable bonds is 2. The van der Waals surface area contributed by atoms with E-state index in [0.29, 0.717) is 13.0 Å². The van der Waals surface area contributed by atoms with E-state index in [4.69, 9.17) is 4.74 Å². The maximum absolute atomic E-state index is 11.8. The van der Waals surface area contributed by atoms with Crippen LogP contribution in [0.1, 0.15) is 61.3 Å². The molecule has 28 heavy (non-hydrogen) atoms. The summed E-state index contributed by atoms with van der Waals surface area (Å²) in [6.45, 7) is 6.89. The topological polar surface area (TPSA) is 94.2 Å². The van der Waals surface area contributed by atoms with Crippen LogP contribution in [0, 0.1) is 0 Å². The van der Waals surface area contributed by atoms with Crippen LogP contribution in [-0.4, -0.2) is 67.9 Å². The van der Waals surface area contributed by atoms with Gasteiger partial charge in [0.05, 0.1) is 14.2 Å². The molecule has 0 saturated carbocycles. The summed E-state index contributed by atoms with van der Waals surface area (Å²) in [6.07, 6.45) is 3.01. The minimum Gasteiger partial charge on any atom is -0.468 e. The molecule has 2 heterocycles. The van der Waals surface area contributed by atoms with Crippen LogP contribution in [0.25, 0.3) is 0 Å². The van der Waals surface area contributed by atoms with Gasteiger partial charge in [0.1, 0.15) is 17.7 Å². The Bertz CT molecular complexity index is 476. The third-order valence-electron chi connectivity index (χ3n) is 3.90. The van der Waals surface area contributed by atoms with Crippen LogP contribution in [0.3, 0.4) is 0 Å². The summed E-state index contributed by atoms with van der Waals surface area (Å²) in [5.41, 5.74) is -0.541. The molecule has 8 nitrogen and oxygen atoms in total. The van der Waals surface area contributed by atoms with E-state index in [1.807, 2.05) is 0 Å². The Hall–Kier alpha value is -1.54. The summed E-state index contributed by atoms with van der Waals surface area (Å²) >= 11 is 0. The lowest BCUT2D eigenvalue weighted by molar-refractivity contribution is -0.145. The van der Waals surface area contributed by atoms with E-state index in [-0.39, 0.29) is 45.2 Å². The normalized spacial score (nSPS) is 20.2. The number of hydrogen-bond donors (Lipinski definition) is 1. The molecule has 168 valence electrons. The van der Waals surface area contributed by atoms with Gasteiger partial charge in [0.15, 0.2) is 0 Å². The first-order valence-corrected chi connectivity index (χ1v) is 8.58. The number of carbonyl (C=O) groups excluding carboxylic acids is 3. The predicted molar refractivity (Wildman–Crippen MR) is 112 cm³/mol. The van der Waals surface area contributed by atoms with Crippen molar-refractivity contribution in [2.75, 3.05) is 27.3 Å². The van der Waals surface area contributed by atoms with Crippen LogP contribution in [0.15, 0.2) is 0 Å². The van der Waals surface area contributed by atoms with Crippen molar-refractivity contribution in [3.8, 4) is 0 Å². The number of nitrogens with zero attached hydrogens (tertiary/aromatic N) is 1. The SMILES string of the molecule is C.C.COC(=O)C1CCCN1.COC(=O)C1CCCN1C(=O)OC(C)(C)C.Cl. The van der Waals surface area contributed by atoms with Crippen molar-refractivity contribution in [1.82, 2.24) is 10.2 Å². The van der Waals surface area contributed by atoms with Gasteiger partial charge in [-0.25, -0.2) is 9.59 Å². The second kappa shape index (κ2) is 14.5. The van der Waals surface area contributed by atoms with Gasteiger partial charge in [-0.2, -0.15) is 0 Å². The van der Waals surface area contributed by atoms with Gasteiger partial charge < -0.3 is 19.5 Å². The van der Waals surface area contributed by atoms with Gasteiger partial charge in [-0.1, -0.05) is 14.9 Å². The van der Waals surface area contributed by atoms with Crippen molar-refractivity contribution in [1.29, 1.82) is 0 Å². The lowest BCUT2D eigenvalue weighted by Crippen LogP contribution is -2.43. The molecule has 2 aliphatic rings. The van der Waals surface area contributed by atoms with Crippen molar-refractivity contribution in [3.05, 3.63) is 0 Å². The summed E-state index contributed by atoms with van der Waals surface area (Å²) in [5.74, 6) is -0.504. The van der Waals surface area contributed by atoms with Gasteiger partial charge >= 0.3 is 18.0 Å². The molecular formula is C19H39ClN2O6. The van der Waals surface area contributed by atoms with E-state index in [9.17, 15) is 14.4 Å². The Morgan fingerprint density at radius 1 is 0.964 bits per heavy atom. The molecule has 2 atom stereocenters. The van der Waals surface area contributed by atoms with Crippen molar-refractivity contribution in [3.63, 3.8) is 0 Å². The summed E-state index contributed by atoms with van der Waals surface area (Å²) in [7, 11) is 2.75. The third-order valence-corrected chi connectivity index (χ3v) is 3.90. The molecule has 2 unspecified atom stereocenters. The number of ether oxygens (including phenoxy) is 3. The number of methoxy groups -OCH3 is 2. The molecule has 1 N–H and O–H groups in total. The second-order valence-corrected chi connectivity index (χ2v) is 7.03. The number of halogens is 1. The average Bonchev–Trinajstić information content (AvgIpc) is 3.23. The quantitative estimate of drug-likeness (QED) is 0.535. The summed E-state index contributed by atoms with van der Waals surface area (Å²) < 4.78 is 14.4. The van der Waals surface area contributed by atoms with E-state index >= 15 is 0 Å². The molecule has 0 aromatic carbocycles. The Morgan fingerprint density at radius 2 is 1.54 bits per heavy atom. The lowest BCUT2D eigenvalue weighted by Gasteiger charge is -2.27. The molecule has 0 aromatic rings.